The Labute approximate surface area is 174 Å². The van der Waals surface area contributed by atoms with Crippen molar-refractivity contribution in [3.05, 3.63) is 77.3 Å². The number of hydrogen-bond acceptors (Lipinski definition) is 6. The molecule has 0 unspecified atom stereocenters. The molecule has 1 aromatic heterocycles. The first kappa shape index (κ1) is 18.0. The van der Waals surface area contributed by atoms with Crippen molar-refractivity contribution in [2.75, 3.05) is 0 Å². The molecule has 10 heteroatoms. The largest absolute Gasteiger partial charge is 0.507 e. The highest BCUT2D eigenvalue weighted by Crippen LogP contribution is 2.37. The Hall–Kier alpha value is -4.86. The summed E-state index contributed by atoms with van der Waals surface area (Å²) in [5, 5.41) is 32.3. The van der Waals surface area contributed by atoms with E-state index in [4.69, 9.17) is 0 Å². The van der Waals surface area contributed by atoms with Crippen LogP contribution in [0.4, 0.5) is 0 Å². The van der Waals surface area contributed by atoms with Crippen LogP contribution in [0.15, 0.2) is 55.6 Å². The first-order valence-electron chi connectivity index (χ1n) is 9.50. The van der Waals surface area contributed by atoms with E-state index in [1.54, 1.807) is 12.1 Å². The summed E-state index contributed by atoms with van der Waals surface area (Å²) in [7, 11) is 0. The lowest BCUT2D eigenvalue weighted by atomic mass is 9.93. The number of aromatic hydroxyl groups is 2. The number of fused-ring (bicyclic) bond motifs is 8. The lowest BCUT2D eigenvalue weighted by molar-refractivity contribution is 0.481. The number of aromatic amines is 4. The molecule has 6 N–H and O–H groups in total. The Morgan fingerprint density at radius 2 is 1.19 bits per heavy atom. The van der Waals surface area contributed by atoms with Crippen LogP contribution in [0, 0.1) is 0 Å². The highest BCUT2D eigenvalue weighted by molar-refractivity contribution is 6.23. The van der Waals surface area contributed by atoms with Crippen molar-refractivity contribution in [2.45, 2.75) is 0 Å². The molecular formula is C22H12N4O6. The number of hydrogen-bond donors (Lipinski definition) is 6. The maximum absolute atomic E-state index is 13.0. The summed E-state index contributed by atoms with van der Waals surface area (Å²) in [6.45, 7) is 0. The molecule has 10 nitrogen and oxygen atoms in total. The smallest absolute Gasteiger partial charge is 0.238 e. The van der Waals surface area contributed by atoms with Gasteiger partial charge in [0.2, 0.25) is 21.7 Å². The van der Waals surface area contributed by atoms with E-state index in [1.807, 2.05) is 0 Å². The van der Waals surface area contributed by atoms with E-state index in [0.717, 1.165) is 0 Å². The van der Waals surface area contributed by atoms with E-state index in [2.05, 4.69) is 20.6 Å². The molecular weight excluding hydrogens is 416 g/mol. The summed E-state index contributed by atoms with van der Waals surface area (Å²) in [5.41, 5.74) is -3.07. The van der Waals surface area contributed by atoms with Gasteiger partial charge in [0.25, 0.3) is 0 Å². The topological polar surface area (TPSA) is 172 Å². The summed E-state index contributed by atoms with van der Waals surface area (Å²) in [4.78, 5) is 51.5. The predicted molar refractivity (Wildman–Crippen MR) is 120 cm³/mol. The lowest BCUT2D eigenvalue weighted by Gasteiger charge is -2.11. The van der Waals surface area contributed by atoms with Crippen LogP contribution in [-0.4, -0.2) is 30.8 Å². The third kappa shape index (κ3) is 2.02. The SMILES string of the molecule is O=c1c(=O)c2c(O)c3c(=O)c(=O)c4c(ccc5[nH][nH][nH][nH]c54)c3cc2c2cccc(O)c12. The molecule has 0 saturated carbocycles. The highest BCUT2D eigenvalue weighted by atomic mass is 16.3. The quantitative estimate of drug-likeness (QED) is 0.122. The first-order chi connectivity index (χ1) is 15.4. The molecule has 0 amide bonds. The Kier molecular flexibility index (Phi) is 3.28. The van der Waals surface area contributed by atoms with Crippen LogP contribution in [0.3, 0.4) is 0 Å². The molecule has 0 saturated heterocycles. The average Bonchev–Trinajstić information content (AvgIpc) is 2.79. The van der Waals surface area contributed by atoms with E-state index in [1.165, 1.54) is 24.3 Å². The monoisotopic (exact) mass is 428 g/mol. The fourth-order valence-electron chi connectivity index (χ4n) is 4.50. The fraction of sp³-hybridized carbons (Fsp3) is 0. The Morgan fingerprint density at radius 3 is 1.91 bits per heavy atom. The minimum Gasteiger partial charge on any atom is -0.507 e. The van der Waals surface area contributed by atoms with Crippen molar-refractivity contribution in [1.82, 2.24) is 20.6 Å². The molecule has 156 valence electrons. The summed E-state index contributed by atoms with van der Waals surface area (Å²) in [6.07, 6.45) is 0. The van der Waals surface area contributed by atoms with Gasteiger partial charge in [0.05, 0.1) is 32.6 Å². The van der Waals surface area contributed by atoms with E-state index >= 15 is 0 Å². The molecule has 1 heterocycles. The van der Waals surface area contributed by atoms with Crippen molar-refractivity contribution in [3.8, 4) is 11.5 Å². The molecule has 0 aliphatic carbocycles. The van der Waals surface area contributed by atoms with Gasteiger partial charge in [-0.05, 0) is 39.7 Å². The second kappa shape index (κ2) is 5.85. The molecule has 0 atom stereocenters. The van der Waals surface area contributed by atoms with Crippen LogP contribution < -0.4 is 21.7 Å². The molecule has 5 aromatic carbocycles. The zero-order valence-corrected chi connectivity index (χ0v) is 16.0. The summed E-state index contributed by atoms with van der Waals surface area (Å²) < 4.78 is 0. The van der Waals surface area contributed by atoms with Crippen LogP contribution in [0.1, 0.15) is 0 Å². The highest BCUT2D eigenvalue weighted by Gasteiger charge is 2.22. The average molecular weight is 428 g/mol. The van der Waals surface area contributed by atoms with E-state index in [9.17, 15) is 29.4 Å². The van der Waals surface area contributed by atoms with Gasteiger partial charge in [-0.1, -0.05) is 18.2 Å². The number of phenolic OH excluding ortho intramolecular Hbond substituents is 2. The second-order valence-corrected chi connectivity index (χ2v) is 7.50. The molecule has 0 aliphatic heterocycles. The minimum absolute atomic E-state index is 0.0928. The van der Waals surface area contributed by atoms with E-state index < -0.39 is 27.5 Å². The number of rotatable bonds is 0. The number of nitrogens with one attached hydrogen (secondary N) is 4. The number of aromatic nitrogens is 4. The Bertz CT molecular complexity index is 2050. The number of H-pyrrole nitrogens is 4. The number of phenols is 2. The van der Waals surface area contributed by atoms with Crippen LogP contribution in [0.2, 0.25) is 0 Å². The molecule has 0 spiro atoms. The van der Waals surface area contributed by atoms with Gasteiger partial charge in [-0.15, -0.1) is 0 Å². The lowest BCUT2D eigenvalue weighted by Crippen LogP contribution is -2.27. The maximum Gasteiger partial charge on any atom is 0.238 e. The van der Waals surface area contributed by atoms with Gasteiger partial charge in [-0.3, -0.25) is 29.4 Å². The second-order valence-electron chi connectivity index (χ2n) is 7.50. The fourth-order valence-corrected chi connectivity index (χ4v) is 4.50. The summed E-state index contributed by atoms with van der Waals surface area (Å²) in [6, 6.07) is 9.11. The molecule has 32 heavy (non-hydrogen) atoms. The van der Waals surface area contributed by atoms with Crippen LogP contribution >= 0.6 is 0 Å². The molecule has 0 fully saturated rings. The third-order valence-electron chi connectivity index (χ3n) is 5.90. The molecule has 0 aliphatic rings. The van der Waals surface area contributed by atoms with Crippen LogP contribution in [0.25, 0.3) is 54.1 Å². The standard InChI is InChI=1S/C22H12N4O6/c27-12-3-1-2-7-9-6-10-8-4-5-11-17(24-26-25-23-11)14(8)20(30)22(32)16(10)18(28)15(9)21(31)19(29)13(7)12/h1-6,23-28H. The van der Waals surface area contributed by atoms with E-state index in [-0.39, 0.29) is 43.5 Å². The van der Waals surface area contributed by atoms with Gasteiger partial charge in [-0.25, -0.2) is 10.4 Å². The molecule has 0 radical (unpaired) electrons. The van der Waals surface area contributed by atoms with Crippen molar-refractivity contribution >= 4 is 54.1 Å². The maximum atomic E-state index is 13.0. The first-order valence-corrected chi connectivity index (χ1v) is 9.50. The van der Waals surface area contributed by atoms with Crippen molar-refractivity contribution < 1.29 is 10.2 Å². The van der Waals surface area contributed by atoms with Crippen molar-refractivity contribution in [2.24, 2.45) is 0 Å². The third-order valence-corrected chi connectivity index (χ3v) is 5.90. The predicted octanol–water partition coefficient (Wildman–Crippen LogP) is 1.62. The molecule has 0 bridgehead atoms. The normalized spacial score (nSPS) is 11.9. The van der Waals surface area contributed by atoms with Crippen LogP contribution in [0.5, 0.6) is 11.5 Å². The van der Waals surface area contributed by atoms with Gasteiger partial charge in [-0.2, -0.15) is 0 Å². The molecule has 6 aromatic rings. The Balaban J connectivity index is 2.02. The van der Waals surface area contributed by atoms with Crippen LogP contribution in [-0.2, 0) is 0 Å². The number of benzene rings is 5. The van der Waals surface area contributed by atoms with E-state index in [0.29, 0.717) is 16.4 Å². The van der Waals surface area contributed by atoms with Gasteiger partial charge in [0.1, 0.15) is 11.5 Å². The van der Waals surface area contributed by atoms with Crippen molar-refractivity contribution in [1.29, 1.82) is 0 Å². The van der Waals surface area contributed by atoms with Gasteiger partial charge < -0.3 is 10.2 Å². The minimum atomic E-state index is -1.06. The van der Waals surface area contributed by atoms with Crippen molar-refractivity contribution in [3.63, 3.8) is 0 Å². The molecule has 6 rings (SSSR count). The van der Waals surface area contributed by atoms with Gasteiger partial charge >= 0.3 is 0 Å². The van der Waals surface area contributed by atoms with Gasteiger partial charge in [0, 0.05) is 0 Å². The Morgan fingerprint density at radius 1 is 0.594 bits per heavy atom. The van der Waals surface area contributed by atoms with Gasteiger partial charge in [0.15, 0.2) is 0 Å². The zero-order chi connectivity index (χ0) is 22.3. The zero-order valence-electron chi connectivity index (χ0n) is 16.0. The summed E-state index contributed by atoms with van der Waals surface area (Å²) >= 11 is 0. The summed E-state index contributed by atoms with van der Waals surface area (Å²) in [5.74, 6) is -1.09.